The highest BCUT2D eigenvalue weighted by Gasteiger charge is 2.72. The van der Waals surface area contributed by atoms with Gasteiger partial charge >= 0.3 is 0 Å². The molecule has 0 heterocycles. The monoisotopic (exact) mass is 268 g/mol. The maximum absolute atomic E-state index is 9.45. The summed E-state index contributed by atoms with van der Waals surface area (Å²) >= 11 is 3.28. The normalized spacial score (nSPS) is 32.7. The Kier molecular flexibility index (Phi) is 3.56. The highest BCUT2D eigenvalue weighted by atomic mass is 32.2. The molecule has 1 aliphatic rings. The largest absolute Gasteiger partial charge is 0.197 e. The van der Waals surface area contributed by atoms with E-state index in [1.165, 1.54) is 0 Å². The molecule has 0 saturated heterocycles. The van der Waals surface area contributed by atoms with Crippen molar-refractivity contribution >= 4 is 23.5 Å². The minimum Gasteiger partial charge on any atom is -0.197 e. The van der Waals surface area contributed by atoms with E-state index >= 15 is 0 Å². The number of hydrogen-bond acceptors (Lipinski definition) is 4. The molecule has 0 aromatic rings. The zero-order chi connectivity index (χ0) is 13.5. The molecule has 0 aliphatic heterocycles. The van der Waals surface area contributed by atoms with Crippen molar-refractivity contribution in [1.82, 2.24) is 0 Å². The third-order valence-corrected chi connectivity index (χ3v) is 5.57. The molecule has 1 aliphatic carbocycles. The number of rotatable bonds is 2. The second-order valence-corrected chi connectivity index (χ2v) is 10.7. The standard InChI is InChI=1S/C13H20N2S2/c1-10(2,3)16-12(8-14)7-13(12,9-15)17-11(4,5)6/h7H2,1-6H3. The van der Waals surface area contributed by atoms with Crippen molar-refractivity contribution in [3.63, 3.8) is 0 Å². The van der Waals surface area contributed by atoms with E-state index in [2.05, 4.69) is 53.7 Å². The van der Waals surface area contributed by atoms with Gasteiger partial charge < -0.3 is 0 Å². The fourth-order valence-corrected chi connectivity index (χ4v) is 5.42. The molecule has 0 aromatic carbocycles. The first-order valence-corrected chi connectivity index (χ1v) is 7.35. The number of thioether (sulfide) groups is 2. The van der Waals surface area contributed by atoms with E-state index in [0.717, 1.165) is 0 Å². The highest BCUT2D eigenvalue weighted by Crippen LogP contribution is 2.68. The van der Waals surface area contributed by atoms with Gasteiger partial charge in [-0.3, -0.25) is 0 Å². The topological polar surface area (TPSA) is 47.6 Å². The third-order valence-electron chi connectivity index (χ3n) is 2.35. The summed E-state index contributed by atoms with van der Waals surface area (Å²) in [7, 11) is 0. The first-order valence-electron chi connectivity index (χ1n) is 5.72. The minimum atomic E-state index is -0.530. The quantitative estimate of drug-likeness (QED) is 0.760. The Morgan fingerprint density at radius 3 is 1.29 bits per heavy atom. The first kappa shape index (κ1) is 14.7. The van der Waals surface area contributed by atoms with E-state index in [9.17, 15) is 10.5 Å². The molecule has 0 spiro atoms. The molecule has 1 fully saturated rings. The average Bonchev–Trinajstić information content (AvgIpc) is 2.68. The average molecular weight is 268 g/mol. The van der Waals surface area contributed by atoms with E-state index in [-0.39, 0.29) is 9.49 Å². The Hall–Kier alpha value is -0.320. The summed E-state index contributed by atoms with van der Waals surface area (Å²) in [4.78, 5) is 0. The first-order chi connectivity index (χ1) is 7.49. The maximum Gasteiger partial charge on any atom is 0.133 e. The molecule has 1 saturated carbocycles. The summed E-state index contributed by atoms with van der Waals surface area (Å²) in [6.07, 6.45) is 0.677. The minimum absolute atomic E-state index is 0.00672. The summed E-state index contributed by atoms with van der Waals surface area (Å²) < 4.78 is -1.05. The van der Waals surface area contributed by atoms with Crippen LogP contribution in [0.5, 0.6) is 0 Å². The second kappa shape index (κ2) is 4.11. The molecule has 0 N–H and O–H groups in total. The SMILES string of the molecule is CC(C)(C)SC1(C#N)CC1(C#N)SC(C)(C)C. The lowest BCUT2D eigenvalue weighted by molar-refractivity contribution is 0.787. The van der Waals surface area contributed by atoms with Crippen molar-refractivity contribution in [2.75, 3.05) is 0 Å². The van der Waals surface area contributed by atoms with E-state index in [4.69, 9.17) is 0 Å². The van der Waals surface area contributed by atoms with Crippen LogP contribution in [0, 0.1) is 22.7 Å². The van der Waals surface area contributed by atoms with E-state index in [1.54, 1.807) is 23.5 Å². The summed E-state index contributed by atoms with van der Waals surface area (Å²) in [6, 6.07) is 4.79. The molecule has 2 nitrogen and oxygen atoms in total. The summed E-state index contributed by atoms with van der Waals surface area (Å²) in [6.45, 7) is 12.6. The molecular formula is C13H20N2S2. The number of nitriles is 2. The van der Waals surface area contributed by atoms with Gasteiger partial charge in [-0.2, -0.15) is 10.5 Å². The third kappa shape index (κ3) is 3.12. The van der Waals surface area contributed by atoms with Gasteiger partial charge in [-0.05, 0) is 0 Å². The summed E-state index contributed by atoms with van der Waals surface area (Å²) in [5, 5.41) is 18.9. The van der Waals surface area contributed by atoms with Crippen LogP contribution in [0.2, 0.25) is 0 Å². The number of nitrogens with zero attached hydrogens (tertiary/aromatic N) is 2. The van der Waals surface area contributed by atoms with Crippen LogP contribution in [0.15, 0.2) is 0 Å². The zero-order valence-corrected chi connectivity index (χ0v) is 13.1. The molecule has 17 heavy (non-hydrogen) atoms. The smallest absolute Gasteiger partial charge is 0.133 e. The van der Waals surface area contributed by atoms with Gasteiger partial charge in [0.2, 0.25) is 0 Å². The van der Waals surface area contributed by atoms with Crippen LogP contribution in [0.3, 0.4) is 0 Å². The molecule has 94 valence electrons. The van der Waals surface area contributed by atoms with Crippen molar-refractivity contribution < 1.29 is 0 Å². The Labute approximate surface area is 113 Å². The van der Waals surface area contributed by atoms with Crippen LogP contribution < -0.4 is 0 Å². The van der Waals surface area contributed by atoms with Gasteiger partial charge in [-0.25, -0.2) is 0 Å². The predicted molar refractivity (Wildman–Crippen MR) is 76.0 cm³/mol. The van der Waals surface area contributed by atoms with Crippen molar-refractivity contribution in [2.24, 2.45) is 0 Å². The fourth-order valence-electron chi connectivity index (χ4n) is 1.89. The molecule has 0 radical (unpaired) electrons. The van der Waals surface area contributed by atoms with Crippen LogP contribution in [-0.4, -0.2) is 19.0 Å². The Bertz CT molecular complexity index is 354. The molecule has 1 rings (SSSR count). The highest BCUT2D eigenvalue weighted by molar-refractivity contribution is 8.07. The van der Waals surface area contributed by atoms with Crippen molar-refractivity contribution in [2.45, 2.75) is 67.0 Å². The van der Waals surface area contributed by atoms with Crippen molar-refractivity contribution in [3.05, 3.63) is 0 Å². The van der Waals surface area contributed by atoms with Gasteiger partial charge in [0.25, 0.3) is 0 Å². The van der Waals surface area contributed by atoms with Gasteiger partial charge in [-0.1, -0.05) is 41.5 Å². The van der Waals surface area contributed by atoms with Crippen molar-refractivity contribution in [3.8, 4) is 12.1 Å². The van der Waals surface area contributed by atoms with Crippen LogP contribution >= 0.6 is 23.5 Å². The van der Waals surface area contributed by atoms with Crippen LogP contribution in [0.25, 0.3) is 0 Å². The number of hydrogen-bond donors (Lipinski definition) is 0. The van der Waals surface area contributed by atoms with Crippen molar-refractivity contribution in [1.29, 1.82) is 10.5 Å². The van der Waals surface area contributed by atoms with E-state index in [0.29, 0.717) is 6.42 Å². The van der Waals surface area contributed by atoms with E-state index < -0.39 is 9.49 Å². The molecule has 0 aromatic heterocycles. The Balaban J connectivity index is 2.95. The molecule has 0 amide bonds. The molecule has 4 heteroatoms. The summed E-state index contributed by atoms with van der Waals surface area (Å²) in [5.41, 5.74) is 0. The molecule has 2 atom stereocenters. The van der Waals surface area contributed by atoms with Gasteiger partial charge in [0.1, 0.15) is 9.49 Å². The predicted octanol–water partition coefficient (Wildman–Crippen LogP) is 3.98. The maximum atomic E-state index is 9.45. The fraction of sp³-hybridized carbons (Fsp3) is 0.846. The van der Waals surface area contributed by atoms with Gasteiger partial charge in [0.05, 0.1) is 12.1 Å². The second-order valence-electron chi connectivity index (χ2n) is 6.48. The Morgan fingerprint density at radius 2 is 1.12 bits per heavy atom. The zero-order valence-electron chi connectivity index (χ0n) is 11.4. The lowest BCUT2D eigenvalue weighted by Gasteiger charge is -2.27. The van der Waals surface area contributed by atoms with Gasteiger partial charge in [0.15, 0.2) is 0 Å². The van der Waals surface area contributed by atoms with Gasteiger partial charge in [0, 0.05) is 15.9 Å². The lowest BCUT2D eigenvalue weighted by atomic mass is 10.2. The Morgan fingerprint density at radius 1 is 0.824 bits per heavy atom. The van der Waals surface area contributed by atoms with Crippen LogP contribution in [0.4, 0.5) is 0 Å². The molecule has 0 bridgehead atoms. The summed E-state index contributed by atoms with van der Waals surface area (Å²) in [5.74, 6) is 0. The van der Waals surface area contributed by atoms with E-state index in [1.807, 2.05) is 0 Å². The molecular weight excluding hydrogens is 248 g/mol. The van der Waals surface area contributed by atoms with Gasteiger partial charge in [-0.15, -0.1) is 23.5 Å². The lowest BCUT2D eigenvalue weighted by Crippen LogP contribution is -2.27. The van der Waals surface area contributed by atoms with Crippen LogP contribution in [-0.2, 0) is 0 Å². The van der Waals surface area contributed by atoms with Crippen LogP contribution in [0.1, 0.15) is 48.0 Å². The molecule has 2 unspecified atom stereocenters.